The van der Waals surface area contributed by atoms with E-state index in [1.54, 1.807) is 0 Å². The zero-order valence-electron chi connectivity index (χ0n) is 16.4. The van der Waals surface area contributed by atoms with Gasteiger partial charge < -0.3 is 14.5 Å². The number of fused-ring (bicyclic) bond motifs is 1. The summed E-state index contributed by atoms with van der Waals surface area (Å²) >= 11 is 0. The topological polar surface area (TPSA) is 19.0 Å². The van der Waals surface area contributed by atoms with Crippen molar-refractivity contribution in [1.29, 1.82) is 0 Å². The first-order valence-electron chi connectivity index (χ1n) is 11.0. The highest BCUT2D eigenvalue weighted by molar-refractivity contribution is 4.94. The summed E-state index contributed by atoms with van der Waals surface area (Å²) in [5.74, 6) is 0.927. The van der Waals surface area contributed by atoms with Crippen LogP contribution in [0.1, 0.15) is 51.4 Å². The maximum atomic E-state index is 5.58. The summed E-state index contributed by atoms with van der Waals surface area (Å²) in [6, 6.07) is 0.867. The number of ether oxygens (including phenoxy) is 1. The molecular weight excluding hydrogens is 310 g/mol. The molecule has 4 heteroatoms. The number of rotatable bonds is 4. The van der Waals surface area contributed by atoms with E-state index >= 15 is 0 Å². The van der Waals surface area contributed by atoms with E-state index in [0.717, 1.165) is 38.3 Å². The lowest BCUT2D eigenvalue weighted by molar-refractivity contribution is -0.0213. The maximum absolute atomic E-state index is 5.58. The molecule has 4 aliphatic rings. The third kappa shape index (κ3) is 4.40. The van der Waals surface area contributed by atoms with Crippen LogP contribution in [0.4, 0.5) is 0 Å². The largest absolute Gasteiger partial charge is 0.379 e. The molecule has 0 aromatic rings. The molecule has 0 aromatic carbocycles. The Morgan fingerprint density at radius 2 is 1.60 bits per heavy atom. The molecule has 0 unspecified atom stereocenters. The van der Waals surface area contributed by atoms with Crippen molar-refractivity contribution in [3.63, 3.8) is 0 Å². The van der Waals surface area contributed by atoms with Crippen molar-refractivity contribution in [3.8, 4) is 0 Å². The smallest absolute Gasteiger partial charge is 0.0594 e. The lowest BCUT2D eigenvalue weighted by Crippen LogP contribution is -2.56. The molecule has 3 heterocycles. The molecule has 144 valence electrons. The molecule has 2 atom stereocenters. The zero-order valence-corrected chi connectivity index (χ0v) is 16.4. The van der Waals surface area contributed by atoms with Gasteiger partial charge in [-0.3, -0.25) is 4.90 Å². The molecule has 0 N–H and O–H groups in total. The fraction of sp³-hybridized carbons (Fsp3) is 1.00. The van der Waals surface area contributed by atoms with Gasteiger partial charge in [-0.2, -0.15) is 0 Å². The van der Waals surface area contributed by atoms with Crippen molar-refractivity contribution in [3.05, 3.63) is 0 Å². The van der Waals surface area contributed by atoms with E-state index in [0.29, 0.717) is 5.41 Å². The van der Waals surface area contributed by atoms with Gasteiger partial charge >= 0.3 is 0 Å². The van der Waals surface area contributed by atoms with Crippen molar-refractivity contribution in [2.75, 3.05) is 66.1 Å². The van der Waals surface area contributed by atoms with Crippen LogP contribution in [0.15, 0.2) is 0 Å². The van der Waals surface area contributed by atoms with Gasteiger partial charge in [-0.15, -0.1) is 0 Å². The van der Waals surface area contributed by atoms with E-state index in [4.69, 9.17) is 4.74 Å². The summed E-state index contributed by atoms with van der Waals surface area (Å²) in [6.45, 7) is 10.9. The Balaban J connectivity index is 1.38. The second kappa shape index (κ2) is 8.24. The van der Waals surface area contributed by atoms with Gasteiger partial charge in [0.1, 0.15) is 0 Å². The number of likely N-dealkylation sites (tertiary alicyclic amines) is 2. The highest BCUT2D eigenvalue weighted by atomic mass is 16.5. The third-order valence-electron chi connectivity index (χ3n) is 7.57. The Morgan fingerprint density at radius 3 is 2.40 bits per heavy atom. The van der Waals surface area contributed by atoms with Crippen molar-refractivity contribution >= 4 is 0 Å². The van der Waals surface area contributed by atoms with E-state index in [1.807, 2.05) is 0 Å². The van der Waals surface area contributed by atoms with Crippen LogP contribution in [0.5, 0.6) is 0 Å². The van der Waals surface area contributed by atoms with Crippen LogP contribution in [-0.2, 0) is 4.74 Å². The standard InChI is InChI=1S/C21H39N3O/c1-22-10-5-6-19-16-24(11-7-20(19)22)18-21(8-3-2-4-9-21)17-23-12-14-25-15-13-23/h19-20H,2-18H2,1H3/t19-,20+/m0/s1. The Kier molecular flexibility index (Phi) is 6.01. The fourth-order valence-electron chi connectivity index (χ4n) is 6.25. The first kappa shape index (κ1) is 18.2. The normalized spacial score (nSPS) is 35.4. The first-order chi connectivity index (χ1) is 12.2. The number of nitrogens with zero attached hydrogens (tertiary/aromatic N) is 3. The van der Waals surface area contributed by atoms with E-state index in [1.165, 1.54) is 84.1 Å². The van der Waals surface area contributed by atoms with Crippen molar-refractivity contribution in [2.45, 2.75) is 57.4 Å². The van der Waals surface area contributed by atoms with Crippen molar-refractivity contribution < 1.29 is 4.74 Å². The van der Waals surface area contributed by atoms with Gasteiger partial charge in [-0.1, -0.05) is 19.3 Å². The number of morpholine rings is 1. The van der Waals surface area contributed by atoms with Crippen LogP contribution in [-0.4, -0.2) is 86.8 Å². The molecule has 1 saturated carbocycles. The maximum Gasteiger partial charge on any atom is 0.0594 e. The quantitative estimate of drug-likeness (QED) is 0.777. The number of piperidine rings is 2. The summed E-state index contributed by atoms with van der Waals surface area (Å²) in [5.41, 5.74) is 0.559. The minimum atomic E-state index is 0.559. The summed E-state index contributed by atoms with van der Waals surface area (Å²) in [4.78, 5) is 8.22. The molecular formula is C21H39N3O. The van der Waals surface area contributed by atoms with Crippen LogP contribution in [0, 0.1) is 11.3 Å². The highest BCUT2D eigenvalue weighted by Gasteiger charge is 2.40. The van der Waals surface area contributed by atoms with Gasteiger partial charge in [-0.25, -0.2) is 0 Å². The van der Waals surface area contributed by atoms with Crippen LogP contribution in [0.25, 0.3) is 0 Å². The lowest BCUT2D eigenvalue weighted by Gasteiger charge is -2.50. The molecule has 0 radical (unpaired) electrons. The zero-order chi connectivity index (χ0) is 17.1. The van der Waals surface area contributed by atoms with Crippen LogP contribution >= 0.6 is 0 Å². The first-order valence-corrected chi connectivity index (χ1v) is 11.0. The fourth-order valence-corrected chi connectivity index (χ4v) is 6.25. The van der Waals surface area contributed by atoms with Gasteiger partial charge in [0, 0.05) is 38.8 Å². The Morgan fingerprint density at radius 1 is 0.840 bits per heavy atom. The summed E-state index contributed by atoms with van der Waals surface area (Å²) in [6.07, 6.45) is 11.5. The highest BCUT2D eigenvalue weighted by Crippen LogP contribution is 2.39. The molecule has 25 heavy (non-hydrogen) atoms. The van der Waals surface area contributed by atoms with Gasteiger partial charge in [0.25, 0.3) is 0 Å². The average Bonchev–Trinajstić information content (AvgIpc) is 2.63. The Labute approximate surface area is 154 Å². The van der Waals surface area contributed by atoms with Gasteiger partial charge in [0.2, 0.25) is 0 Å². The van der Waals surface area contributed by atoms with Crippen molar-refractivity contribution in [1.82, 2.24) is 14.7 Å². The van der Waals surface area contributed by atoms with Gasteiger partial charge in [-0.05, 0) is 63.6 Å². The molecule has 0 amide bonds. The van der Waals surface area contributed by atoms with E-state index in [2.05, 4.69) is 21.7 Å². The van der Waals surface area contributed by atoms with Crippen LogP contribution in [0.3, 0.4) is 0 Å². The predicted octanol–water partition coefficient (Wildman–Crippen LogP) is 2.69. The number of hydrogen-bond acceptors (Lipinski definition) is 4. The monoisotopic (exact) mass is 349 g/mol. The second-order valence-electron chi connectivity index (χ2n) is 9.42. The molecule has 4 nitrogen and oxygen atoms in total. The summed E-state index contributed by atoms with van der Waals surface area (Å²) in [5, 5.41) is 0. The van der Waals surface area contributed by atoms with Crippen LogP contribution < -0.4 is 0 Å². The molecule has 1 aliphatic carbocycles. The predicted molar refractivity (Wildman–Crippen MR) is 103 cm³/mol. The SMILES string of the molecule is CN1CCC[C@H]2CN(CC3(CN4CCOCC4)CCCCC3)CC[C@H]21. The molecule has 4 fully saturated rings. The molecule has 0 bridgehead atoms. The van der Waals surface area contributed by atoms with E-state index < -0.39 is 0 Å². The van der Waals surface area contributed by atoms with Crippen molar-refractivity contribution in [2.24, 2.45) is 11.3 Å². The summed E-state index contributed by atoms with van der Waals surface area (Å²) in [7, 11) is 2.35. The Hall–Kier alpha value is -0.160. The summed E-state index contributed by atoms with van der Waals surface area (Å²) < 4.78 is 5.58. The molecule has 0 spiro atoms. The second-order valence-corrected chi connectivity index (χ2v) is 9.42. The lowest BCUT2D eigenvalue weighted by atomic mass is 9.72. The molecule has 0 aromatic heterocycles. The van der Waals surface area contributed by atoms with E-state index in [-0.39, 0.29) is 0 Å². The Bertz CT molecular complexity index is 417. The number of hydrogen-bond donors (Lipinski definition) is 0. The van der Waals surface area contributed by atoms with Crippen LogP contribution in [0.2, 0.25) is 0 Å². The minimum absolute atomic E-state index is 0.559. The van der Waals surface area contributed by atoms with Gasteiger partial charge in [0.15, 0.2) is 0 Å². The molecule has 3 saturated heterocycles. The molecule has 3 aliphatic heterocycles. The van der Waals surface area contributed by atoms with Gasteiger partial charge in [0.05, 0.1) is 13.2 Å². The molecule has 4 rings (SSSR count). The van der Waals surface area contributed by atoms with E-state index in [9.17, 15) is 0 Å². The average molecular weight is 350 g/mol. The third-order valence-corrected chi connectivity index (χ3v) is 7.57. The minimum Gasteiger partial charge on any atom is -0.379 e.